The van der Waals surface area contributed by atoms with E-state index >= 15 is 0 Å². The summed E-state index contributed by atoms with van der Waals surface area (Å²) in [5.74, 6) is -0.0424. The molecule has 0 aliphatic rings. The maximum absolute atomic E-state index is 12.2. The van der Waals surface area contributed by atoms with Crippen molar-refractivity contribution in [3.05, 3.63) is 65.2 Å². The molecule has 0 bridgehead atoms. The third-order valence-corrected chi connectivity index (χ3v) is 4.41. The monoisotopic (exact) mass is 272 g/mol. The minimum atomic E-state index is -1.28. The molecule has 1 unspecified atom stereocenters. The highest BCUT2D eigenvalue weighted by molar-refractivity contribution is 7.85. The number of benzene rings is 2. The van der Waals surface area contributed by atoms with Gasteiger partial charge in [-0.2, -0.15) is 0 Å². The van der Waals surface area contributed by atoms with Gasteiger partial charge in [-0.05, 0) is 31.5 Å². The highest BCUT2D eigenvalue weighted by atomic mass is 32.2. The van der Waals surface area contributed by atoms with Crippen LogP contribution >= 0.6 is 0 Å². The molecule has 2 nitrogen and oxygen atoms in total. The van der Waals surface area contributed by atoms with Crippen LogP contribution in [0.15, 0.2) is 53.4 Å². The second-order valence-corrected chi connectivity index (χ2v) is 5.97. The van der Waals surface area contributed by atoms with Crippen molar-refractivity contribution >= 4 is 16.6 Å². The van der Waals surface area contributed by atoms with Crippen molar-refractivity contribution in [3.8, 4) is 0 Å². The van der Waals surface area contributed by atoms with E-state index in [0.29, 0.717) is 5.56 Å². The average Bonchev–Trinajstić information content (AvgIpc) is 2.39. The van der Waals surface area contributed by atoms with Crippen LogP contribution in [0.4, 0.5) is 0 Å². The van der Waals surface area contributed by atoms with E-state index in [1.165, 1.54) is 0 Å². The molecule has 0 fully saturated rings. The van der Waals surface area contributed by atoms with Gasteiger partial charge in [0.15, 0.2) is 5.78 Å². The van der Waals surface area contributed by atoms with Crippen molar-refractivity contribution in [2.75, 3.05) is 5.75 Å². The smallest absolute Gasteiger partial charge is 0.175 e. The molecule has 19 heavy (non-hydrogen) atoms. The van der Waals surface area contributed by atoms with Crippen LogP contribution in [-0.4, -0.2) is 15.7 Å². The molecule has 2 aromatic carbocycles. The maximum Gasteiger partial charge on any atom is 0.175 e. The quantitative estimate of drug-likeness (QED) is 0.800. The average molecular weight is 272 g/mol. The number of hydrogen-bond acceptors (Lipinski definition) is 2. The zero-order chi connectivity index (χ0) is 13.8. The molecule has 0 saturated heterocycles. The molecule has 0 aliphatic carbocycles. The molecule has 0 saturated carbocycles. The lowest BCUT2D eigenvalue weighted by atomic mass is 10.1. The van der Waals surface area contributed by atoms with Crippen molar-refractivity contribution in [2.45, 2.75) is 18.7 Å². The van der Waals surface area contributed by atoms with Gasteiger partial charge in [-0.25, -0.2) is 0 Å². The van der Waals surface area contributed by atoms with Crippen LogP contribution in [0.3, 0.4) is 0 Å². The van der Waals surface area contributed by atoms with Gasteiger partial charge in [-0.15, -0.1) is 0 Å². The summed E-state index contributed by atoms with van der Waals surface area (Å²) in [5, 5.41) is 0. The first-order valence-corrected chi connectivity index (χ1v) is 7.43. The van der Waals surface area contributed by atoms with E-state index in [0.717, 1.165) is 16.0 Å². The molecule has 0 radical (unpaired) electrons. The molecule has 0 heterocycles. The Hall–Kier alpha value is -1.74. The molecule has 2 rings (SSSR count). The van der Waals surface area contributed by atoms with Crippen molar-refractivity contribution in [1.82, 2.24) is 0 Å². The topological polar surface area (TPSA) is 34.1 Å². The van der Waals surface area contributed by atoms with Gasteiger partial charge in [-0.1, -0.05) is 42.0 Å². The van der Waals surface area contributed by atoms with Gasteiger partial charge >= 0.3 is 0 Å². The Balaban J connectivity index is 2.16. The fraction of sp³-hybridized carbons (Fsp3) is 0.188. The summed E-state index contributed by atoms with van der Waals surface area (Å²) in [5.41, 5.74) is 2.62. The predicted molar refractivity (Wildman–Crippen MR) is 78.0 cm³/mol. The van der Waals surface area contributed by atoms with Gasteiger partial charge < -0.3 is 0 Å². The van der Waals surface area contributed by atoms with Gasteiger partial charge in [0, 0.05) is 10.5 Å². The normalized spacial score (nSPS) is 12.1. The van der Waals surface area contributed by atoms with Crippen LogP contribution in [0.5, 0.6) is 0 Å². The van der Waals surface area contributed by atoms with Crippen molar-refractivity contribution in [1.29, 1.82) is 0 Å². The summed E-state index contributed by atoms with van der Waals surface area (Å²) < 4.78 is 12.2. The van der Waals surface area contributed by atoms with Gasteiger partial charge in [0.25, 0.3) is 0 Å². The second kappa shape index (κ2) is 5.93. The molecule has 98 valence electrons. The zero-order valence-corrected chi connectivity index (χ0v) is 11.9. The van der Waals surface area contributed by atoms with Gasteiger partial charge in [0.2, 0.25) is 0 Å². The SMILES string of the molecule is Cc1cccc(C(=O)CS(=O)c2ccccc2C)c1. The van der Waals surface area contributed by atoms with E-state index in [1.807, 2.05) is 56.3 Å². The van der Waals surface area contributed by atoms with Crippen LogP contribution in [0, 0.1) is 13.8 Å². The fourth-order valence-electron chi connectivity index (χ4n) is 1.91. The van der Waals surface area contributed by atoms with Crippen LogP contribution in [0.25, 0.3) is 0 Å². The summed E-state index contributed by atoms with van der Waals surface area (Å²) in [6.45, 7) is 3.85. The highest BCUT2D eigenvalue weighted by Gasteiger charge is 2.13. The molecule has 0 amide bonds. The number of carbonyl (C=O) groups excluding carboxylic acids is 1. The Morgan fingerprint density at radius 1 is 1.05 bits per heavy atom. The molecule has 3 heteroatoms. The van der Waals surface area contributed by atoms with E-state index in [4.69, 9.17) is 0 Å². The van der Waals surface area contributed by atoms with Crippen LogP contribution in [-0.2, 0) is 10.8 Å². The number of carbonyl (C=O) groups is 1. The minimum absolute atomic E-state index is 0.0360. The first kappa shape index (κ1) is 13.7. The summed E-state index contributed by atoms with van der Waals surface area (Å²) in [4.78, 5) is 12.8. The second-order valence-electron chi connectivity index (χ2n) is 4.55. The minimum Gasteiger partial charge on any atom is -0.293 e. The zero-order valence-electron chi connectivity index (χ0n) is 11.1. The van der Waals surface area contributed by atoms with E-state index in [-0.39, 0.29) is 11.5 Å². The standard InChI is InChI=1S/C16H16O2S/c1-12-6-5-8-14(10-12)15(17)11-19(18)16-9-4-3-7-13(16)2/h3-10H,11H2,1-2H3. The Morgan fingerprint density at radius 3 is 2.47 bits per heavy atom. The summed E-state index contributed by atoms with van der Waals surface area (Å²) >= 11 is 0. The largest absolute Gasteiger partial charge is 0.293 e. The predicted octanol–water partition coefficient (Wildman–Crippen LogP) is 3.29. The van der Waals surface area contributed by atoms with Crippen LogP contribution in [0.1, 0.15) is 21.5 Å². The van der Waals surface area contributed by atoms with E-state index in [1.54, 1.807) is 6.07 Å². The number of hydrogen-bond donors (Lipinski definition) is 0. The number of aryl methyl sites for hydroxylation is 2. The van der Waals surface area contributed by atoms with E-state index < -0.39 is 10.8 Å². The lowest BCUT2D eigenvalue weighted by molar-refractivity contribution is 0.102. The maximum atomic E-state index is 12.2. The van der Waals surface area contributed by atoms with Gasteiger partial charge in [-0.3, -0.25) is 9.00 Å². The molecule has 1 atom stereocenters. The molecular weight excluding hydrogens is 256 g/mol. The van der Waals surface area contributed by atoms with E-state index in [9.17, 15) is 9.00 Å². The van der Waals surface area contributed by atoms with E-state index in [2.05, 4.69) is 0 Å². The van der Waals surface area contributed by atoms with Crippen molar-refractivity contribution < 1.29 is 9.00 Å². The lowest BCUT2D eigenvalue weighted by Gasteiger charge is -2.05. The lowest BCUT2D eigenvalue weighted by Crippen LogP contribution is -2.12. The molecule has 0 aromatic heterocycles. The molecule has 2 aromatic rings. The number of Topliss-reactive ketones (excluding diaryl/α,β-unsaturated/α-hetero) is 1. The molecule has 0 aliphatic heterocycles. The number of rotatable bonds is 4. The summed E-state index contributed by atoms with van der Waals surface area (Å²) in [7, 11) is -1.28. The van der Waals surface area contributed by atoms with Crippen molar-refractivity contribution in [2.24, 2.45) is 0 Å². The summed E-state index contributed by atoms with van der Waals surface area (Å²) in [6.07, 6.45) is 0. The van der Waals surface area contributed by atoms with Crippen LogP contribution < -0.4 is 0 Å². The Kier molecular flexibility index (Phi) is 4.27. The highest BCUT2D eigenvalue weighted by Crippen LogP contribution is 2.14. The first-order chi connectivity index (χ1) is 9.08. The van der Waals surface area contributed by atoms with Gasteiger partial charge in [0.05, 0.1) is 16.6 Å². The van der Waals surface area contributed by atoms with Crippen molar-refractivity contribution in [3.63, 3.8) is 0 Å². The van der Waals surface area contributed by atoms with Gasteiger partial charge in [0.1, 0.15) is 0 Å². The summed E-state index contributed by atoms with van der Waals surface area (Å²) in [6, 6.07) is 14.9. The third-order valence-electron chi connectivity index (χ3n) is 2.94. The Morgan fingerprint density at radius 2 is 1.79 bits per heavy atom. The third kappa shape index (κ3) is 3.38. The fourth-order valence-corrected chi connectivity index (χ4v) is 3.13. The Labute approximate surface area is 115 Å². The Bertz CT molecular complexity index is 632. The molecule has 0 N–H and O–H groups in total. The molecular formula is C16H16O2S. The molecule has 0 spiro atoms. The van der Waals surface area contributed by atoms with Crippen LogP contribution in [0.2, 0.25) is 0 Å². The first-order valence-electron chi connectivity index (χ1n) is 6.12. The number of ketones is 1.